The maximum absolute atomic E-state index is 8.93. The number of aliphatic hydroxyl groups excluding tert-OH is 1. The number of halogens is 1. The van der Waals surface area contributed by atoms with E-state index in [1.165, 1.54) is 0 Å². The SMILES string of the molecule is Nc1cccc(Cl)c1CN1CCC(CCO)C1. The number of hydrogen-bond acceptors (Lipinski definition) is 3. The van der Waals surface area contributed by atoms with E-state index in [1.807, 2.05) is 18.2 Å². The molecular formula is C13H19ClN2O. The molecule has 1 aliphatic rings. The molecule has 3 N–H and O–H groups in total. The Hall–Kier alpha value is -0.770. The van der Waals surface area contributed by atoms with E-state index >= 15 is 0 Å². The molecule has 1 saturated heterocycles. The van der Waals surface area contributed by atoms with Crippen molar-refractivity contribution < 1.29 is 5.11 Å². The zero-order chi connectivity index (χ0) is 12.3. The summed E-state index contributed by atoms with van der Waals surface area (Å²) in [5.74, 6) is 0.615. The molecule has 0 radical (unpaired) electrons. The van der Waals surface area contributed by atoms with Crippen LogP contribution in [0.15, 0.2) is 18.2 Å². The van der Waals surface area contributed by atoms with Crippen molar-refractivity contribution in [1.82, 2.24) is 4.90 Å². The van der Waals surface area contributed by atoms with Crippen LogP contribution in [0.2, 0.25) is 5.02 Å². The highest BCUT2D eigenvalue weighted by Gasteiger charge is 2.22. The van der Waals surface area contributed by atoms with Gasteiger partial charge in [-0.25, -0.2) is 0 Å². The Balaban J connectivity index is 1.98. The van der Waals surface area contributed by atoms with Crippen molar-refractivity contribution >= 4 is 17.3 Å². The Labute approximate surface area is 107 Å². The molecule has 0 spiro atoms. The first-order valence-electron chi connectivity index (χ1n) is 6.06. The molecule has 0 aliphatic carbocycles. The van der Waals surface area contributed by atoms with Gasteiger partial charge in [0.05, 0.1) is 0 Å². The molecule has 1 unspecified atom stereocenters. The number of nitrogens with zero attached hydrogens (tertiary/aromatic N) is 1. The number of aliphatic hydroxyl groups is 1. The van der Waals surface area contributed by atoms with Crippen LogP contribution in [0.4, 0.5) is 5.69 Å². The second-order valence-corrected chi connectivity index (χ2v) is 5.12. The van der Waals surface area contributed by atoms with Crippen molar-refractivity contribution in [2.24, 2.45) is 5.92 Å². The summed E-state index contributed by atoms with van der Waals surface area (Å²) < 4.78 is 0. The average molecular weight is 255 g/mol. The number of nitrogens with two attached hydrogens (primary N) is 1. The number of likely N-dealkylation sites (tertiary alicyclic amines) is 1. The third-order valence-corrected chi connectivity index (χ3v) is 3.80. The molecule has 2 rings (SSSR count). The van der Waals surface area contributed by atoms with Crippen molar-refractivity contribution in [2.75, 3.05) is 25.4 Å². The van der Waals surface area contributed by atoms with Crippen molar-refractivity contribution in [3.05, 3.63) is 28.8 Å². The Morgan fingerprint density at radius 1 is 1.47 bits per heavy atom. The van der Waals surface area contributed by atoms with Crippen LogP contribution < -0.4 is 5.73 Å². The molecule has 1 aliphatic heterocycles. The molecule has 0 amide bonds. The fourth-order valence-corrected chi connectivity index (χ4v) is 2.68. The molecule has 1 aromatic carbocycles. The second kappa shape index (κ2) is 5.71. The minimum absolute atomic E-state index is 0.284. The first-order valence-corrected chi connectivity index (χ1v) is 6.44. The van der Waals surface area contributed by atoms with Gasteiger partial charge in [-0.2, -0.15) is 0 Å². The monoisotopic (exact) mass is 254 g/mol. The molecule has 17 heavy (non-hydrogen) atoms. The van der Waals surface area contributed by atoms with Gasteiger partial charge in [-0.15, -0.1) is 0 Å². The van der Waals surface area contributed by atoms with Crippen molar-refractivity contribution in [3.63, 3.8) is 0 Å². The van der Waals surface area contributed by atoms with E-state index in [0.717, 1.165) is 48.7 Å². The number of anilines is 1. The normalized spacial score (nSPS) is 20.9. The minimum atomic E-state index is 0.284. The third-order valence-electron chi connectivity index (χ3n) is 3.44. The van der Waals surface area contributed by atoms with Crippen molar-refractivity contribution in [3.8, 4) is 0 Å². The first kappa shape index (κ1) is 12.7. The smallest absolute Gasteiger partial charge is 0.0471 e. The molecule has 4 heteroatoms. The average Bonchev–Trinajstić information content (AvgIpc) is 2.72. The van der Waals surface area contributed by atoms with E-state index in [9.17, 15) is 0 Å². The Kier molecular flexibility index (Phi) is 4.26. The standard InChI is InChI=1S/C13H19ClN2O/c14-12-2-1-3-13(15)11(12)9-16-6-4-10(8-16)5-7-17/h1-3,10,17H,4-9,15H2. The summed E-state index contributed by atoms with van der Waals surface area (Å²) in [7, 11) is 0. The van der Waals surface area contributed by atoms with Crippen molar-refractivity contribution in [2.45, 2.75) is 19.4 Å². The molecule has 1 fully saturated rings. The largest absolute Gasteiger partial charge is 0.398 e. The highest BCUT2D eigenvalue weighted by molar-refractivity contribution is 6.31. The van der Waals surface area contributed by atoms with E-state index in [0.29, 0.717) is 5.92 Å². The van der Waals surface area contributed by atoms with Gasteiger partial charge in [0.1, 0.15) is 0 Å². The molecule has 0 aromatic heterocycles. The molecule has 0 saturated carbocycles. The Morgan fingerprint density at radius 3 is 3.00 bits per heavy atom. The fourth-order valence-electron chi connectivity index (χ4n) is 2.44. The fraction of sp³-hybridized carbons (Fsp3) is 0.538. The zero-order valence-corrected chi connectivity index (χ0v) is 10.7. The van der Waals surface area contributed by atoms with Crippen LogP contribution in [0.25, 0.3) is 0 Å². The minimum Gasteiger partial charge on any atom is -0.398 e. The van der Waals surface area contributed by atoms with Gasteiger partial charge in [0, 0.05) is 36.0 Å². The zero-order valence-electron chi connectivity index (χ0n) is 9.90. The number of nitrogen functional groups attached to an aromatic ring is 1. The van der Waals surface area contributed by atoms with Crippen LogP contribution in [0.5, 0.6) is 0 Å². The highest BCUT2D eigenvalue weighted by Crippen LogP contribution is 2.27. The van der Waals surface area contributed by atoms with E-state index in [4.69, 9.17) is 22.4 Å². The highest BCUT2D eigenvalue weighted by atomic mass is 35.5. The number of rotatable bonds is 4. The molecule has 1 aromatic rings. The molecular weight excluding hydrogens is 236 g/mol. The number of hydrogen-bond donors (Lipinski definition) is 2. The lowest BCUT2D eigenvalue weighted by Gasteiger charge is -2.18. The van der Waals surface area contributed by atoms with Gasteiger partial charge in [0.25, 0.3) is 0 Å². The van der Waals surface area contributed by atoms with Gasteiger partial charge in [0.15, 0.2) is 0 Å². The van der Waals surface area contributed by atoms with Crippen LogP contribution in [0, 0.1) is 5.92 Å². The van der Waals surface area contributed by atoms with Gasteiger partial charge >= 0.3 is 0 Å². The molecule has 3 nitrogen and oxygen atoms in total. The second-order valence-electron chi connectivity index (χ2n) is 4.71. The topological polar surface area (TPSA) is 49.5 Å². The maximum atomic E-state index is 8.93. The quantitative estimate of drug-likeness (QED) is 0.810. The molecule has 1 heterocycles. The summed E-state index contributed by atoms with van der Waals surface area (Å²) in [6, 6.07) is 5.65. The summed E-state index contributed by atoms with van der Waals surface area (Å²) in [5, 5.41) is 9.68. The first-order chi connectivity index (χ1) is 8.20. The van der Waals surface area contributed by atoms with E-state index in [2.05, 4.69) is 4.90 Å². The molecule has 0 bridgehead atoms. The van der Waals surface area contributed by atoms with Gasteiger partial charge in [-0.3, -0.25) is 4.90 Å². The lowest BCUT2D eigenvalue weighted by atomic mass is 10.1. The van der Waals surface area contributed by atoms with Gasteiger partial charge < -0.3 is 10.8 Å². The maximum Gasteiger partial charge on any atom is 0.0471 e. The summed E-state index contributed by atoms with van der Waals surface area (Å²) in [5.41, 5.74) is 7.74. The summed E-state index contributed by atoms with van der Waals surface area (Å²) in [6.07, 6.45) is 2.05. The predicted molar refractivity (Wildman–Crippen MR) is 71.0 cm³/mol. The Morgan fingerprint density at radius 2 is 2.29 bits per heavy atom. The third kappa shape index (κ3) is 3.12. The lowest BCUT2D eigenvalue weighted by Crippen LogP contribution is -2.21. The van der Waals surface area contributed by atoms with Gasteiger partial charge in [-0.1, -0.05) is 17.7 Å². The predicted octanol–water partition coefficient (Wildman–Crippen LogP) is 2.13. The Bertz CT molecular complexity index is 363. The van der Waals surface area contributed by atoms with Gasteiger partial charge in [-0.05, 0) is 37.4 Å². The van der Waals surface area contributed by atoms with Crippen LogP contribution in [-0.4, -0.2) is 29.7 Å². The van der Waals surface area contributed by atoms with E-state index in [-0.39, 0.29) is 6.61 Å². The van der Waals surface area contributed by atoms with Crippen molar-refractivity contribution in [1.29, 1.82) is 0 Å². The van der Waals surface area contributed by atoms with Crippen LogP contribution in [0.1, 0.15) is 18.4 Å². The lowest BCUT2D eigenvalue weighted by molar-refractivity contribution is 0.249. The summed E-state index contributed by atoms with van der Waals surface area (Å²) in [4.78, 5) is 2.36. The van der Waals surface area contributed by atoms with E-state index < -0.39 is 0 Å². The van der Waals surface area contributed by atoms with E-state index in [1.54, 1.807) is 0 Å². The molecule has 94 valence electrons. The molecule has 1 atom stereocenters. The van der Waals surface area contributed by atoms with Crippen LogP contribution in [-0.2, 0) is 6.54 Å². The van der Waals surface area contributed by atoms with Crippen LogP contribution in [0.3, 0.4) is 0 Å². The number of benzene rings is 1. The van der Waals surface area contributed by atoms with Crippen LogP contribution >= 0.6 is 11.6 Å². The summed E-state index contributed by atoms with van der Waals surface area (Å²) >= 11 is 6.16. The summed E-state index contributed by atoms with van der Waals surface area (Å²) in [6.45, 7) is 3.20. The van der Waals surface area contributed by atoms with Gasteiger partial charge in [0.2, 0.25) is 0 Å².